The predicted octanol–water partition coefficient (Wildman–Crippen LogP) is 4.26. The fraction of sp³-hybridized carbons (Fsp3) is 0.133. The number of ether oxygens (including phenoxy) is 1. The first-order valence-corrected chi connectivity index (χ1v) is 12.2. The highest BCUT2D eigenvalue weighted by atomic mass is 16.5. The van der Waals surface area contributed by atoms with Crippen LogP contribution in [0.5, 0.6) is 0 Å². The van der Waals surface area contributed by atoms with Crippen LogP contribution in [0, 0.1) is 0 Å². The van der Waals surface area contributed by atoms with E-state index in [2.05, 4.69) is 15.3 Å². The Hall–Kier alpha value is -4.98. The van der Waals surface area contributed by atoms with Crippen LogP contribution in [0.1, 0.15) is 15.9 Å². The normalized spacial score (nSPS) is 11.7. The van der Waals surface area contributed by atoms with Crippen LogP contribution in [0.25, 0.3) is 21.8 Å². The van der Waals surface area contributed by atoms with Crippen molar-refractivity contribution < 1.29 is 19.1 Å². The third-order valence-electron chi connectivity index (χ3n) is 6.40. The summed E-state index contributed by atoms with van der Waals surface area (Å²) in [5.74, 6) is -1.44. The first-order valence-electron chi connectivity index (χ1n) is 12.2. The van der Waals surface area contributed by atoms with E-state index < -0.39 is 23.8 Å². The molecule has 0 saturated heterocycles. The lowest BCUT2D eigenvalue weighted by Gasteiger charge is -2.27. The molecule has 8 nitrogen and oxygen atoms in total. The standard InChI is InChI=1S/C30H26N4O4/c1-38-28(35)19-34(23-10-3-2-4-11-23)30(37)27(16-21-17-32-26-14-8-6-12-24(21)26)33-29(36)22-15-20-9-5-7-13-25(20)31-18-22/h2-15,17-18,27,32H,16,19H2,1H3,(H,33,36)/t27-/m0/s1. The molecule has 3 aromatic carbocycles. The van der Waals surface area contributed by atoms with Crippen LogP contribution >= 0.6 is 0 Å². The summed E-state index contributed by atoms with van der Waals surface area (Å²) in [7, 11) is 1.27. The molecular formula is C30H26N4O4. The van der Waals surface area contributed by atoms with Crippen LogP contribution in [-0.4, -0.2) is 47.4 Å². The van der Waals surface area contributed by atoms with Crippen molar-refractivity contribution in [3.63, 3.8) is 0 Å². The number of amides is 2. The fourth-order valence-electron chi connectivity index (χ4n) is 4.44. The van der Waals surface area contributed by atoms with Gasteiger partial charge in [-0.05, 0) is 35.9 Å². The van der Waals surface area contributed by atoms with E-state index >= 15 is 0 Å². The van der Waals surface area contributed by atoms with E-state index in [1.54, 1.807) is 30.3 Å². The van der Waals surface area contributed by atoms with Gasteiger partial charge in [0.15, 0.2) is 0 Å². The number of aromatic nitrogens is 2. The van der Waals surface area contributed by atoms with Gasteiger partial charge in [-0.25, -0.2) is 0 Å². The molecule has 0 aliphatic heterocycles. The number of nitrogens with zero attached hydrogens (tertiary/aromatic N) is 2. The minimum Gasteiger partial charge on any atom is -0.468 e. The van der Waals surface area contributed by atoms with Gasteiger partial charge in [0.25, 0.3) is 5.91 Å². The largest absolute Gasteiger partial charge is 0.468 e. The first-order chi connectivity index (χ1) is 18.5. The van der Waals surface area contributed by atoms with Gasteiger partial charge in [-0.1, -0.05) is 54.6 Å². The van der Waals surface area contributed by atoms with Crippen molar-refractivity contribution in [3.05, 3.63) is 108 Å². The second-order valence-corrected chi connectivity index (χ2v) is 8.84. The average Bonchev–Trinajstić information content (AvgIpc) is 3.37. The molecule has 2 heterocycles. The van der Waals surface area contributed by atoms with Gasteiger partial charge in [0.2, 0.25) is 5.91 Å². The van der Waals surface area contributed by atoms with Crippen molar-refractivity contribution in [2.45, 2.75) is 12.5 Å². The number of carbonyl (C=O) groups excluding carboxylic acids is 3. The Kier molecular flexibility index (Phi) is 7.13. The number of carbonyl (C=O) groups is 3. The van der Waals surface area contributed by atoms with E-state index in [4.69, 9.17) is 4.74 Å². The number of rotatable bonds is 8. The highest BCUT2D eigenvalue weighted by Gasteiger charge is 2.30. The smallest absolute Gasteiger partial charge is 0.325 e. The summed E-state index contributed by atoms with van der Waals surface area (Å²) in [6, 6.07) is 24.9. The molecule has 5 aromatic rings. The third kappa shape index (κ3) is 5.24. The number of methoxy groups -OCH3 is 1. The van der Waals surface area contributed by atoms with Crippen LogP contribution < -0.4 is 10.2 Å². The number of benzene rings is 3. The lowest BCUT2D eigenvalue weighted by molar-refractivity contribution is -0.140. The molecule has 1 atom stereocenters. The SMILES string of the molecule is COC(=O)CN(C(=O)[C@H](Cc1c[nH]c2ccccc12)NC(=O)c1cnc2ccccc2c1)c1ccccc1. The third-order valence-corrected chi connectivity index (χ3v) is 6.40. The number of hydrogen-bond acceptors (Lipinski definition) is 5. The lowest BCUT2D eigenvalue weighted by Crippen LogP contribution is -2.51. The second-order valence-electron chi connectivity index (χ2n) is 8.84. The average molecular weight is 507 g/mol. The number of H-pyrrole nitrogens is 1. The molecule has 190 valence electrons. The number of anilines is 1. The fourth-order valence-corrected chi connectivity index (χ4v) is 4.44. The highest BCUT2D eigenvalue weighted by molar-refractivity contribution is 6.05. The molecule has 8 heteroatoms. The topological polar surface area (TPSA) is 104 Å². The molecule has 0 unspecified atom stereocenters. The summed E-state index contributed by atoms with van der Waals surface area (Å²) >= 11 is 0. The maximum Gasteiger partial charge on any atom is 0.325 e. The molecule has 0 saturated carbocycles. The summed E-state index contributed by atoms with van der Waals surface area (Å²) in [4.78, 5) is 48.6. The molecule has 0 spiro atoms. The van der Waals surface area contributed by atoms with Gasteiger partial charge in [-0.3, -0.25) is 24.3 Å². The minimum absolute atomic E-state index is 0.208. The zero-order chi connectivity index (χ0) is 26.5. The minimum atomic E-state index is -0.974. The zero-order valence-corrected chi connectivity index (χ0v) is 20.8. The summed E-state index contributed by atoms with van der Waals surface area (Å²) in [6.45, 7) is -0.295. The summed E-state index contributed by atoms with van der Waals surface area (Å²) < 4.78 is 4.85. The Labute approximate surface area is 219 Å². The number of pyridine rings is 1. The Morgan fingerprint density at radius 2 is 1.71 bits per heavy atom. The van der Waals surface area contributed by atoms with Gasteiger partial charge in [-0.15, -0.1) is 0 Å². The van der Waals surface area contributed by atoms with Crippen LogP contribution in [-0.2, 0) is 20.7 Å². The molecule has 38 heavy (non-hydrogen) atoms. The van der Waals surface area contributed by atoms with Crippen molar-refractivity contribution in [2.24, 2.45) is 0 Å². The van der Waals surface area contributed by atoms with Crippen LogP contribution in [0.2, 0.25) is 0 Å². The Morgan fingerprint density at radius 1 is 0.974 bits per heavy atom. The van der Waals surface area contributed by atoms with Crippen LogP contribution in [0.3, 0.4) is 0 Å². The van der Waals surface area contributed by atoms with E-state index in [9.17, 15) is 14.4 Å². The van der Waals surface area contributed by atoms with Gasteiger partial charge in [0.05, 0.1) is 18.2 Å². The van der Waals surface area contributed by atoms with Gasteiger partial charge >= 0.3 is 5.97 Å². The molecule has 0 bridgehead atoms. The molecule has 0 radical (unpaired) electrons. The number of hydrogen-bond donors (Lipinski definition) is 2. The molecule has 5 rings (SSSR count). The summed E-state index contributed by atoms with van der Waals surface area (Å²) in [5.41, 5.74) is 3.41. The van der Waals surface area contributed by atoms with E-state index in [1.807, 2.05) is 60.8 Å². The molecule has 0 fully saturated rings. The van der Waals surface area contributed by atoms with Gasteiger partial charge in [-0.2, -0.15) is 0 Å². The number of aromatic amines is 1. The zero-order valence-electron chi connectivity index (χ0n) is 20.8. The summed E-state index contributed by atoms with van der Waals surface area (Å²) in [6.07, 6.45) is 3.54. The Bertz CT molecular complexity index is 1610. The van der Waals surface area contributed by atoms with E-state index in [0.717, 1.165) is 27.4 Å². The highest BCUT2D eigenvalue weighted by Crippen LogP contribution is 2.22. The van der Waals surface area contributed by atoms with Crippen molar-refractivity contribution in [1.82, 2.24) is 15.3 Å². The van der Waals surface area contributed by atoms with E-state index in [1.165, 1.54) is 18.2 Å². The van der Waals surface area contributed by atoms with Crippen molar-refractivity contribution in [1.29, 1.82) is 0 Å². The maximum atomic E-state index is 14.0. The first kappa shape index (κ1) is 24.7. The summed E-state index contributed by atoms with van der Waals surface area (Å²) in [5, 5.41) is 4.67. The maximum absolute atomic E-state index is 14.0. The molecule has 2 N–H and O–H groups in total. The quantitative estimate of drug-likeness (QED) is 0.306. The van der Waals surface area contributed by atoms with Crippen LogP contribution in [0.4, 0.5) is 5.69 Å². The number of para-hydroxylation sites is 3. The number of nitrogens with one attached hydrogen (secondary N) is 2. The molecule has 0 aliphatic rings. The van der Waals surface area contributed by atoms with Crippen molar-refractivity contribution in [3.8, 4) is 0 Å². The monoisotopic (exact) mass is 506 g/mol. The number of esters is 1. The van der Waals surface area contributed by atoms with E-state index in [-0.39, 0.29) is 13.0 Å². The Balaban J connectivity index is 1.50. The molecular weight excluding hydrogens is 480 g/mol. The second kappa shape index (κ2) is 11.0. The van der Waals surface area contributed by atoms with Gasteiger partial charge in [0, 0.05) is 40.8 Å². The Morgan fingerprint density at radius 3 is 2.53 bits per heavy atom. The van der Waals surface area contributed by atoms with Crippen molar-refractivity contribution in [2.75, 3.05) is 18.6 Å². The van der Waals surface area contributed by atoms with E-state index in [0.29, 0.717) is 11.3 Å². The predicted molar refractivity (Wildman–Crippen MR) is 146 cm³/mol. The molecule has 2 amide bonds. The van der Waals surface area contributed by atoms with Gasteiger partial charge in [0.1, 0.15) is 12.6 Å². The van der Waals surface area contributed by atoms with Gasteiger partial charge < -0.3 is 15.0 Å². The molecule has 0 aliphatic carbocycles. The molecule has 2 aromatic heterocycles. The van der Waals surface area contributed by atoms with Crippen LogP contribution in [0.15, 0.2) is 97.3 Å². The number of fused-ring (bicyclic) bond motifs is 2. The van der Waals surface area contributed by atoms with Crippen molar-refractivity contribution >= 4 is 45.3 Å². The lowest BCUT2D eigenvalue weighted by atomic mass is 10.0.